The van der Waals surface area contributed by atoms with Crippen LogP contribution in [-0.2, 0) is 4.79 Å². The van der Waals surface area contributed by atoms with Crippen molar-refractivity contribution in [2.45, 2.75) is 6.42 Å². The second-order valence-electron chi connectivity index (χ2n) is 7.02. The van der Waals surface area contributed by atoms with Crippen molar-refractivity contribution < 1.29 is 19.0 Å². The van der Waals surface area contributed by atoms with Crippen LogP contribution in [0.15, 0.2) is 42.6 Å². The lowest BCUT2D eigenvalue weighted by molar-refractivity contribution is -0.114. The van der Waals surface area contributed by atoms with Crippen LogP contribution >= 0.6 is 24.8 Å². The Hall–Kier alpha value is -2.48. The van der Waals surface area contributed by atoms with Gasteiger partial charge in [0.25, 0.3) is 0 Å². The number of halogens is 2. The van der Waals surface area contributed by atoms with Gasteiger partial charge in [0.15, 0.2) is 17.3 Å². The molecular weight excluding hydrogens is 453 g/mol. The van der Waals surface area contributed by atoms with E-state index in [1.165, 1.54) is 0 Å². The summed E-state index contributed by atoms with van der Waals surface area (Å²) in [5.74, 6) is 2.77. The molecule has 0 unspecified atom stereocenters. The van der Waals surface area contributed by atoms with Crippen molar-refractivity contribution in [1.82, 2.24) is 9.88 Å². The first-order valence-corrected chi connectivity index (χ1v) is 10.0. The molecule has 32 heavy (non-hydrogen) atoms. The fourth-order valence-electron chi connectivity index (χ4n) is 3.48. The summed E-state index contributed by atoms with van der Waals surface area (Å²) in [4.78, 5) is 21.4. The van der Waals surface area contributed by atoms with E-state index < -0.39 is 0 Å². The fraction of sp³-hybridized carbons (Fsp3) is 0.391. The number of methoxy groups -OCH3 is 3. The first-order valence-electron chi connectivity index (χ1n) is 10.0. The highest BCUT2D eigenvalue weighted by atomic mass is 35.5. The maximum absolute atomic E-state index is 12.4. The fourth-order valence-corrected chi connectivity index (χ4v) is 3.48. The number of nitrogens with zero attached hydrogens (tertiary/aromatic N) is 3. The molecule has 0 aliphatic carbocycles. The Balaban J connectivity index is 0.00000256. The van der Waals surface area contributed by atoms with E-state index >= 15 is 0 Å². The van der Waals surface area contributed by atoms with Crippen molar-refractivity contribution in [3.63, 3.8) is 0 Å². The van der Waals surface area contributed by atoms with Crippen LogP contribution in [0.4, 0.5) is 5.82 Å². The summed E-state index contributed by atoms with van der Waals surface area (Å²) in [5, 5.41) is 0. The maximum Gasteiger partial charge on any atom is 0.203 e. The van der Waals surface area contributed by atoms with Crippen LogP contribution in [0.2, 0.25) is 0 Å². The molecule has 0 bridgehead atoms. The van der Waals surface area contributed by atoms with Gasteiger partial charge in [-0.05, 0) is 35.9 Å². The van der Waals surface area contributed by atoms with Crippen LogP contribution in [-0.4, -0.2) is 69.7 Å². The summed E-state index contributed by atoms with van der Waals surface area (Å²) in [5.41, 5.74) is 0.821. The van der Waals surface area contributed by atoms with Crippen LogP contribution in [0.3, 0.4) is 0 Å². The maximum atomic E-state index is 12.4. The molecule has 1 saturated heterocycles. The number of hydrogen-bond acceptors (Lipinski definition) is 7. The Morgan fingerprint density at radius 1 is 1.00 bits per heavy atom. The third-order valence-electron chi connectivity index (χ3n) is 5.17. The molecule has 1 aliphatic heterocycles. The molecule has 1 fully saturated rings. The van der Waals surface area contributed by atoms with Crippen molar-refractivity contribution in [3.05, 3.63) is 48.2 Å². The topological polar surface area (TPSA) is 64.1 Å². The average molecular weight is 484 g/mol. The van der Waals surface area contributed by atoms with E-state index in [2.05, 4.69) is 14.8 Å². The summed E-state index contributed by atoms with van der Waals surface area (Å²) >= 11 is 0. The minimum absolute atomic E-state index is 0. The Kier molecular flexibility index (Phi) is 11.9. The number of ketones is 1. The zero-order valence-corrected chi connectivity index (χ0v) is 20.3. The van der Waals surface area contributed by atoms with E-state index in [0.717, 1.165) is 44.1 Å². The lowest BCUT2D eigenvalue weighted by Crippen LogP contribution is -2.47. The number of hydrogen-bond donors (Lipinski definition) is 0. The molecule has 2 heterocycles. The highest BCUT2D eigenvalue weighted by Crippen LogP contribution is 2.38. The highest BCUT2D eigenvalue weighted by molar-refractivity contribution is 5.93. The van der Waals surface area contributed by atoms with Crippen LogP contribution in [0.1, 0.15) is 12.0 Å². The van der Waals surface area contributed by atoms with Crippen molar-refractivity contribution in [2.24, 2.45) is 0 Å². The number of benzene rings is 1. The number of aromatic nitrogens is 1. The average Bonchev–Trinajstić information content (AvgIpc) is 2.81. The molecule has 2 aromatic rings. The van der Waals surface area contributed by atoms with Crippen LogP contribution in [0.5, 0.6) is 17.2 Å². The third kappa shape index (κ3) is 7.29. The van der Waals surface area contributed by atoms with Gasteiger partial charge >= 0.3 is 0 Å². The number of allylic oxidation sites excluding steroid dienone is 1. The van der Waals surface area contributed by atoms with E-state index in [-0.39, 0.29) is 30.6 Å². The minimum atomic E-state index is 0. The van der Waals surface area contributed by atoms with Gasteiger partial charge in [-0.25, -0.2) is 4.98 Å². The van der Waals surface area contributed by atoms with Gasteiger partial charge in [0.2, 0.25) is 5.75 Å². The molecule has 9 heteroatoms. The van der Waals surface area contributed by atoms with Gasteiger partial charge in [-0.15, -0.1) is 24.8 Å². The summed E-state index contributed by atoms with van der Waals surface area (Å²) in [6, 6.07) is 9.61. The Labute approximate surface area is 202 Å². The number of piperazine rings is 1. The van der Waals surface area contributed by atoms with Gasteiger partial charge in [0, 0.05) is 45.3 Å². The Morgan fingerprint density at radius 3 is 2.19 bits per heavy atom. The summed E-state index contributed by atoms with van der Waals surface area (Å²) in [7, 11) is 4.71. The van der Waals surface area contributed by atoms with E-state index in [1.807, 2.05) is 36.5 Å². The van der Waals surface area contributed by atoms with E-state index in [9.17, 15) is 4.79 Å². The minimum Gasteiger partial charge on any atom is -0.493 e. The molecule has 0 radical (unpaired) electrons. The van der Waals surface area contributed by atoms with Gasteiger partial charge in [-0.3, -0.25) is 9.69 Å². The lowest BCUT2D eigenvalue weighted by atomic mass is 10.1. The van der Waals surface area contributed by atoms with E-state index in [4.69, 9.17) is 14.2 Å². The lowest BCUT2D eigenvalue weighted by Gasteiger charge is -2.35. The highest BCUT2D eigenvalue weighted by Gasteiger charge is 2.18. The zero-order valence-electron chi connectivity index (χ0n) is 18.7. The quantitative estimate of drug-likeness (QED) is 0.503. The molecule has 176 valence electrons. The predicted molar refractivity (Wildman–Crippen MR) is 132 cm³/mol. The first kappa shape index (κ1) is 27.6. The number of carbonyl (C=O) groups excluding carboxylic acids is 1. The largest absolute Gasteiger partial charge is 0.493 e. The molecule has 7 nitrogen and oxygen atoms in total. The monoisotopic (exact) mass is 483 g/mol. The van der Waals surface area contributed by atoms with Gasteiger partial charge in [0.1, 0.15) is 5.82 Å². The van der Waals surface area contributed by atoms with Crippen molar-refractivity contribution in [3.8, 4) is 17.2 Å². The van der Waals surface area contributed by atoms with Crippen LogP contribution in [0.25, 0.3) is 6.08 Å². The standard InChI is InChI=1S/C23H29N3O4.2ClH/c1-28-20-16-18(17-21(29-2)23(20)30-3)7-8-19(27)9-11-25-12-14-26(15-13-25)22-6-4-5-10-24-22;;/h4-8,10,16-17H,9,11-15H2,1-3H3;2*1H/b8-7+;;. The van der Waals surface area contributed by atoms with E-state index in [0.29, 0.717) is 23.7 Å². The Morgan fingerprint density at radius 2 is 1.66 bits per heavy atom. The number of rotatable bonds is 9. The van der Waals surface area contributed by atoms with Gasteiger partial charge in [-0.1, -0.05) is 12.1 Å². The van der Waals surface area contributed by atoms with Crippen molar-refractivity contribution in [1.29, 1.82) is 0 Å². The van der Waals surface area contributed by atoms with Gasteiger partial charge < -0.3 is 19.1 Å². The number of ether oxygens (including phenoxy) is 3. The summed E-state index contributed by atoms with van der Waals surface area (Å²) in [6.07, 6.45) is 5.71. The molecule has 0 atom stereocenters. The van der Waals surface area contributed by atoms with Crippen LogP contribution < -0.4 is 19.1 Å². The first-order chi connectivity index (χ1) is 14.6. The smallest absolute Gasteiger partial charge is 0.203 e. The van der Waals surface area contributed by atoms with E-state index in [1.54, 1.807) is 33.5 Å². The van der Waals surface area contributed by atoms with Gasteiger partial charge in [-0.2, -0.15) is 0 Å². The molecule has 0 amide bonds. The molecule has 3 rings (SSSR count). The summed E-state index contributed by atoms with van der Waals surface area (Å²) in [6.45, 7) is 4.47. The predicted octanol–water partition coefficient (Wildman–Crippen LogP) is 3.75. The molecule has 1 aromatic carbocycles. The molecule has 0 spiro atoms. The third-order valence-corrected chi connectivity index (χ3v) is 5.17. The second kappa shape index (κ2) is 13.8. The molecular formula is C23H31Cl2N3O4. The molecule has 1 aliphatic rings. The molecule has 0 saturated carbocycles. The zero-order chi connectivity index (χ0) is 21.3. The number of anilines is 1. The van der Waals surface area contributed by atoms with Crippen molar-refractivity contribution in [2.75, 3.05) is 59.0 Å². The van der Waals surface area contributed by atoms with Gasteiger partial charge in [0.05, 0.1) is 21.3 Å². The Bertz CT molecular complexity index is 848. The SMILES string of the molecule is COc1cc(/C=C/C(=O)CCN2CCN(c3ccccn3)CC2)cc(OC)c1OC.Cl.Cl. The molecule has 1 aromatic heterocycles. The van der Waals surface area contributed by atoms with Crippen LogP contribution in [0, 0.1) is 0 Å². The molecule has 0 N–H and O–H groups in total. The van der Waals surface area contributed by atoms with Crippen molar-refractivity contribution >= 4 is 42.5 Å². The number of pyridine rings is 1. The number of carbonyl (C=O) groups is 1. The normalized spacial score (nSPS) is 13.8. The summed E-state index contributed by atoms with van der Waals surface area (Å²) < 4.78 is 16.0. The second-order valence-corrected chi connectivity index (χ2v) is 7.02.